The highest BCUT2D eigenvalue weighted by atomic mass is 32.1. The number of rotatable bonds is 5. The predicted octanol–water partition coefficient (Wildman–Crippen LogP) is 4.02. The average Bonchev–Trinajstić information content (AvgIpc) is 3.25. The van der Waals surface area contributed by atoms with E-state index in [2.05, 4.69) is 28.2 Å². The SMILES string of the molecule is Cc1ccc2[nH]c(=O)c(CN(C(=S)NCC3CCCO3)C3CCCCC3)cc2c1. The third-order valence-corrected chi connectivity index (χ3v) is 6.58. The summed E-state index contributed by atoms with van der Waals surface area (Å²) >= 11 is 5.80. The maximum Gasteiger partial charge on any atom is 0.253 e. The van der Waals surface area contributed by atoms with Gasteiger partial charge in [-0.3, -0.25) is 4.79 Å². The minimum absolute atomic E-state index is 0.0240. The van der Waals surface area contributed by atoms with Crippen molar-refractivity contribution in [2.24, 2.45) is 0 Å². The summed E-state index contributed by atoms with van der Waals surface area (Å²) in [4.78, 5) is 18.0. The molecule has 2 aliphatic rings. The summed E-state index contributed by atoms with van der Waals surface area (Å²) in [5, 5.41) is 5.25. The molecule has 156 valence electrons. The quantitative estimate of drug-likeness (QED) is 0.725. The number of ether oxygens (including phenoxy) is 1. The van der Waals surface area contributed by atoms with Gasteiger partial charge in [-0.05, 0) is 68.4 Å². The van der Waals surface area contributed by atoms with Crippen molar-refractivity contribution in [3.63, 3.8) is 0 Å². The molecule has 0 spiro atoms. The lowest BCUT2D eigenvalue weighted by molar-refractivity contribution is 0.112. The second-order valence-electron chi connectivity index (χ2n) is 8.46. The molecule has 0 bridgehead atoms. The van der Waals surface area contributed by atoms with Crippen LogP contribution in [-0.4, -0.2) is 40.3 Å². The number of hydrogen-bond donors (Lipinski definition) is 2. The zero-order valence-electron chi connectivity index (χ0n) is 17.2. The first-order chi connectivity index (χ1) is 14.1. The van der Waals surface area contributed by atoms with Crippen LogP contribution in [0, 0.1) is 6.92 Å². The molecule has 1 atom stereocenters. The van der Waals surface area contributed by atoms with Gasteiger partial charge in [-0.25, -0.2) is 0 Å². The summed E-state index contributed by atoms with van der Waals surface area (Å²) in [6.45, 7) is 4.20. The van der Waals surface area contributed by atoms with E-state index in [1.807, 2.05) is 18.2 Å². The van der Waals surface area contributed by atoms with Crippen LogP contribution in [0.2, 0.25) is 0 Å². The van der Waals surface area contributed by atoms with Gasteiger partial charge in [0.25, 0.3) is 5.56 Å². The van der Waals surface area contributed by atoms with E-state index in [1.54, 1.807) is 0 Å². The van der Waals surface area contributed by atoms with E-state index in [9.17, 15) is 4.79 Å². The molecular weight excluding hydrogens is 382 g/mol. The molecule has 1 aromatic carbocycles. The van der Waals surface area contributed by atoms with Crippen molar-refractivity contribution >= 4 is 28.2 Å². The molecule has 1 aromatic heterocycles. The van der Waals surface area contributed by atoms with E-state index in [4.69, 9.17) is 17.0 Å². The van der Waals surface area contributed by atoms with Gasteiger partial charge in [-0.15, -0.1) is 0 Å². The first kappa shape index (κ1) is 20.4. The number of aromatic nitrogens is 1. The van der Waals surface area contributed by atoms with Gasteiger partial charge in [0.05, 0.1) is 12.6 Å². The number of benzene rings is 1. The maximum absolute atomic E-state index is 12.8. The fourth-order valence-corrected chi connectivity index (χ4v) is 4.84. The number of nitrogens with one attached hydrogen (secondary N) is 2. The average molecular weight is 414 g/mol. The van der Waals surface area contributed by atoms with Crippen molar-refractivity contribution in [1.82, 2.24) is 15.2 Å². The van der Waals surface area contributed by atoms with E-state index in [0.717, 1.165) is 60.4 Å². The molecule has 2 N–H and O–H groups in total. The van der Waals surface area contributed by atoms with Crippen molar-refractivity contribution in [1.29, 1.82) is 0 Å². The summed E-state index contributed by atoms with van der Waals surface area (Å²) in [5.74, 6) is 0. The number of pyridine rings is 1. The molecular formula is C23H31N3O2S. The van der Waals surface area contributed by atoms with Gasteiger partial charge >= 0.3 is 0 Å². The Balaban J connectivity index is 1.55. The molecule has 6 heteroatoms. The Kier molecular flexibility index (Phi) is 6.50. The number of thiocarbonyl (C=S) groups is 1. The normalized spacial score (nSPS) is 20.1. The minimum atomic E-state index is -0.0240. The van der Waals surface area contributed by atoms with Crippen molar-refractivity contribution in [3.05, 3.63) is 45.7 Å². The van der Waals surface area contributed by atoms with Crippen molar-refractivity contribution in [3.8, 4) is 0 Å². The third kappa shape index (κ3) is 4.98. The number of H-pyrrole nitrogens is 1. The van der Waals surface area contributed by atoms with Crippen LogP contribution in [0.3, 0.4) is 0 Å². The zero-order valence-corrected chi connectivity index (χ0v) is 18.0. The predicted molar refractivity (Wildman–Crippen MR) is 121 cm³/mol. The molecule has 1 aliphatic carbocycles. The van der Waals surface area contributed by atoms with Crippen molar-refractivity contribution < 1.29 is 4.74 Å². The number of nitrogens with zero attached hydrogens (tertiary/aromatic N) is 1. The van der Waals surface area contributed by atoms with Crippen LogP contribution < -0.4 is 10.9 Å². The summed E-state index contributed by atoms with van der Waals surface area (Å²) in [6, 6.07) is 8.53. The second-order valence-corrected chi connectivity index (χ2v) is 8.84. The van der Waals surface area contributed by atoms with Gasteiger partial charge in [0.15, 0.2) is 5.11 Å². The number of fused-ring (bicyclic) bond motifs is 1. The van der Waals surface area contributed by atoms with E-state index in [-0.39, 0.29) is 11.7 Å². The molecule has 0 amide bonds. The standard InChI is InChI=1S/C23H31N3O2S/c1-16-9-10-21-17(12-16)13-18(22(27)25-21)15-26(19-6-3-2-4-7-19)23(29)24-14-20-8-5-11-28-20/h9-10,12-13,19-20H,2-8,11,14-15H2,1H3,(H,24,29)(H,25,27). The molecule has 2 heterocycles. The van der Waals surface area contributed by atoms with Crippen LogP contribution in [0.25, 0.3) is 10.9 Å². The lowest BCUT2D eigenvalue weighted by Crippen LogP contribution is -2.48. The van der Waals surface area contributed by atoms with Gasteiger partial charge in [0, 0.05) is 30.3 Å². The Labute approximate surface area is 177 Å². The van der Waals surface area contributed by atoms with Crippen LogP contribution in [-0.2, 0) is 11.3 Å². The number of aryl methyl sites for hydroxylation is 1. The topological polar surface area (TPSA) is 57.4 Å². The highest BCUT2D eigenvalue weighted by Crippen LogP contribution is 2.24. The van der Waals surface area contributed by atoms with Gasteiger partial charge in [0.2, 0.25) is 0 Å². The number of aromatic amines is 1. The molecule has 2 fully saturated rings. The largest absolute Gasteiger partial charge is 0.376 e. The second kappa shape index (κ2) is 9.26. The first-order valence-corrected chi connectivity index (χ1v) is 11.3. The summed E-state index contributed by atoms with van der Waals surface area (Å²) in [6.07, 6.45) is 8.45. The van der Waals surface area contributed by atoms with E-state index < -0.39 is 0 Å². The number of hydrogen-bond acceptors (Lipinski definition) is 3. The fourth-order valence-electron chi connectivity index (χ4n) is 4.54. The van der Waals surface area contributed by atoms with E-state index in [1.165, 1.54) is 24.8 Å². The van der Waals surface area contributed by atoms with E-state index in [0.29, 0.717) is 12.6 Å². The minimum Gasteiger partial charge on any atom is -0.376 e. The third-order valence-electron chi connectivity index (χ3n) is 6.20. The Morgan fingerprint density at radius 3 is 2.79 bits per heavy atom. The summed E-state index contributed by atoms with van der Waals surface area (Å²) in [7, 11) is 0. The molecule has 1 saturated heterocycles. The molecule has 1 saturated carbocycles. The summed E-state index contributed by atoms with van der Waals surface area (Å²) < 4.78 is 5.73. The molecule has 5 nitrogen and oxygen atoms in total. The molecule has 29 heavy (non-hydrogen) atoms. The lowest BCUT2D eigenvalue weighted by Gasteiger charge is -2.36. The Morgan fingerprint density at radius 1 is 1.21 bits per heavy atom. The van der Waals surface area contributed by atoms with E-state index >= 15 is 0 Å². The summed E-state index contributed by atoms with van der Waals surface area (Å²) in [5.41, 5.74) is 2.82. The zero-order chi connectivity index (χ0) is 20.2. The van der Waals surface area contributed by atoms with Crippen LogP contribution in [0.1, 0.15) is 56.1 Å². The molecule has 1 aliphatic heterocycles. The lowest BCUT2D eigenvalue weighted by atomic mass is 9.94. The van der Waals surface area contributed by atoms with Crippen LogP contribution in [0.15, 0.2) is 29.1 Å². The monoisotopic (exact) mass is 413 g/mol. The maximum atomic E-state index is 12.8. The van der Waals surface area contributed by atoms with Crippen LogP contribution in [0.4, 0.5) is 0 Å². The highest BCUT2D eigenvalue weighted by Gasteiger charge is 2.25. The molecule has 0 radical (unpaired) electrons. The van der Waals surface area contributed by atoms with Gasteiger partial charge in [0.1, 0.15) is 0 Å². The smallest absolute Gasteiger partial charge is 0.253 e. The van der Waals surface area contributed by atoms with Crippen molar-refractivity contribution in [2.45, 2.75) is 70.6 Å². The fraction of sp³-hybridized carbons (Fsp3) is 0.565. The first-order valence-electron chi connectivity index (χ1n) is 10.9. The highest BCUT2D eigenvalue weighted by molar-refractivity contribution is 7.80. The van der Waals surface area contributed by atoms with Crippen LogP contribution in [0.5, 0.6) is 0 Å². The molecule has 4 rings (SSSR count). The van der Waals surface area contributed by atoms with Crippen LogP contribution >= 0.6 is 12.2 Å². The van der Waals surface area contributed by atoms with Gasteiger partial charge in [-0.2, -0.15) is 0 Å². The Morgan fingerprint density at radius 2 is 2.03 bits per heavy atom. The van der Waals surface area contributed by atoms with Gasteiger partial charge in [-0.1, -0.05) is 30.9 Å². The molecule has 2 aromatic rings. The Bertz CT molecular complexity index is 914. The van der Waals surface area contributed by atoms with Gasteiger partial charge < -0.3 is 19.9 Å². The Hall–Kier alpha value is -1.92. The molecule has 1 unspecified atom stereocenters. The van der Waals surface area contributed by atoms with Crippen molar-refractivity contribution in [2.75, 3.05) is 13.2 Å².